The van der Waals surface area contributed by atoms with Crippen LogP contribution in [0.2, 0.25) is 0 Å². The van der Waals surface area contributed by atoms with E-state index in [1.807, 2.05) is 49.9 Å². The van der Waals surface area contributed by atoms with Crippen molar-refractivity contribution in [1.29, 1.82) is 0 Å². The number of carbonyl (C=O) groups is 8. The Hall–Kier alpha value is -8.64. The summed E-state index contributed by atoms with van der Waals surface area (Å²) in [6.45, 7) is 6.04. The standard InChI is InChI=1S/C33H33N3O8.C32H31N3O8/c1-14-10-16-11-21-33(42)36-20(25(34(21)3)23(16)27(38)29(14)43-4)12-19-24(28(39)30(44-5)15(2)26(19)37)22(36)13-35-31(40)17-8-6-7-9-18(17)32(35)41;1-13-9-15-10-20-32(42)35-19(24(33(20)3)22(15)28(39)29(13)43-4)11-18-23(27(38)26(37)14(2)25(18)36)21(35)12-34-30(40)16-7-5-6-8-17(16)31(34)41/h6-10,20-22,25,33,38,42H,11-13H2,1-5H3;5-9,19-21,24,32,36,39,42H,10-12H2,1-4H3/t20-,21-,22-,25-,33-;19-,20-,21-,24-,32-/m00/s1. The molecule has 2 fully saturated rings. The van der Waals surface area contributed by atoms with Gasteiger partial charge in [-0.05, 0) is 114 Å². The largest absolute Gasteiger partial charge is 0.507 e. The highest BCUT2D eigenvalue weighted by Gasteiger charge is 2.61. The van der Waals surface area contributed by atoms with Crippen molar-refractivity contribution in [3.05, 3.63) is 161 Å². The molecule has 2 aliphatic carbocycles. The number of ketones is 4. The fourth-order valence-electron chi connectivity index (χ4n) is 16.1. The van der Waals surface area contributed by atoms with Crippen LogP contribution in [0.15, 0.2) is 106 Å². The fraction of sp³-hybridized carbons (Fsp3) is 0.385. The summed E-state index contributed by atoms with van der Waals surface area (Å²) in [4.78, 5) is 118. The number of allylic oxidation sites excluding steroid dienone is 4. The van der Waals surface area contributed by atoms with Crippen LogP contribution in [0.25, 0.3) is 0 Å². The van der Waals surface area contributed by atoms with E-state index in [4.69, 9.17) is 14.2 Å². The SMILES string of the molecule is COC1=C(C)C(=O)C2=C(C1=O)[C@H](CN1C(=O)c3ccccc3C1=O)N1[C@@H](O)[C@@H]3Cc4cc(C)c(OC)c(O)c4[C@H]([C@@H]1C2)N3C.COc1c(C)cc2c(c1O)[C@@H]1[C@@H]3CC4=C(C(=O)C(=O)C(C)=C4O)[C@H](CN4C(=O)c5ccccc5C4=O)N3[C@@H](O)[C@H](C2)N1C. The molecule has 10 aliphatic rings. The molecule has 450 valence electrons. The van der Waals surface area contributed by atoms with Crippen LogP contribution in [-0.4, -0.2) is 199 Å². The zero-order chi connectivity index (χ0) is 62.0. The zero-order valence-corrected chi connectivity index (χ0v) is 49.2. The van der Waals surface area contributed by atoms with Gasteiger partial charge in [0.05, 0.1) is 79.8 Å². The van der Waals surface area contributed by atoms with Crippen LogP contribution in [-0.2, 0) is 36.8 Å². The first-order valence-electron chi connectivity index (χ1n) is 28.8. The first-order valence-corrected chi connectivity index (χ1v) is 28.8. The molecule has 0 unspecified atom stereocenters. The van der Waals surface area contributed by atoms with Crippen molar-refractivity contribution in [1.82, 2.24) is 29.4 Å². The third-order valence-electron chi connectivity index (χ3n) is 20.1. The first kappa shape index (κ1) is 57.4. The lowest BCUT2D eigenvalue weighted by Gasteiger charge is -2.60. The van der Waals surface area contributed by atoms with Gasteiger partial charge < -0.3 is 39.7 Å². The molecular formula is C65H64N6O16. The summed E-state index contributed by atoms with van der Waals surface area (Å²) in [6.07, 6.45) is -1.37. The molecule has 0 aromatic heterocycles. The van der Waals surface area contributed by atoms with Gasteiger partial charge in [0.1, 0.15) is 18.2 Å². The summed E-state index contributed by atoms with van der Waals surface area (Å²) < 4.78 is 16.5. The number of aliphatic hydroxyl groups is 3. The second-order valence-corrected chi connectivity index (χ2v) is 24.1. The molecule has 2 saturated heterocycles. The fourth-order valence-corrected chi connectivity index (χ4v) is 16.1. The normalized spacial score (nSPS) is 28.4. The average Bonchev–Trinajstić information content (AvgIpc) is 1.43. The van der Waals surface area contributed by atoms with Crippen LogP contribution in [0.3, 0.4) is 0 Å². The zero-order valence-electron chi connectivity index (χ0n) is 49.2. The van der Waals surface area contributed by atoms with Crippen LogP contribution in [0.4, 0.5) is 0 Å². The molecule has 4 aromatic carbocycles. The van der Waals surface area contributed by atoms with E-state index in [-0.39, 0.29) is 110 Å². The van der Waals surface area contributed by atoms with Crippen LogP contribution >= 0.6 is 0 Å². The smallest absolute Gasteiger partial charge is 0.261 e. The minimum Gasteiger partial charge on any atom is -0.507 e. The minimum atomic E-state index is -1.17. The maximum absolute atomic E-state index is 14.0. The van der Waals surface area contributed by atoms with Crippen molar-refractivity contribution in [3.8, 4) is 23.0 Å². The lowest BCUT2D eigenvalue weighted by molar-refractivity contribution is -0.168. The Balaban J connectivity index is 0.000000161. The van der Waals surface area contributed by atoms with Crippen LogP contribution in [0.1, 0.15) is 114 Å². The molecule has 5 N–H and O–H groups in total. The topological polar surface area (TPSA) is 285 Å². The summed E-state index contributed by atoms with van der Waals surface area (Å²) in [5, 5.41) is 58.3. The number of aliphatic hydroxyl groups excluding tert-OH is 3. The molecule has 14 rings (SSSR count). The number of methoxy groups -OCH3 is 3. The third kappa shape index (κ3) is 7.93. The Labute approximate surface area is 499 Å². The van der Waals surface area contributed by atoms with E-state index in [2.05, 4.69) is 0 Å². The predicted molar refractivity (Wildman–Crippen MR) is 308 cm³/mol. The Morgan fingerprint density at radius 3 is 1.26 bits per heavy atom. The number of amides is 4. The number of hydrogen-bond donors (Lipinski definition) is 5. The van der Waals surface area contributed by atoms with Gasteiger partial charge in [0.25, 0.3) is 23.6 Å². The quantitative estimate of drug-likeness (QED) is 0.0756. The molecule has 10 atom stereocenters. The molecule has 8 heterocycles. The number of piperazine rings is 2. The van der Waals surface area contributed by atoms with Gasteiger partial charge in [-0.15, -0.1) is 0 Å². The predicted octanol–water partition coefficient (Wildman–Crippen LogP) is 4.01. The molecule has 4 amide bonds. The van der Waals surface area contributed by atoms with Crippen LogP contribution in [0.5, 0.6) is 23.0 Å². The van der Waals surface area contributed by atoms with E-state index in [0.717, 1.165) is 32.1 Å². The van der Waals surface area contributed by atoms with Crippen molar-refractivity contribution in [2.24, 2.45) is 0 Å². The van der Waals surface area contributed by atoms with E-state index in [0.29, 0.717) is 35.5 Å². The molecule has 0 spiro atoms. The third-order valence-corrected chi connectivity index (χ3v) is 20.1. The Bertz CT molecular complexity index is 3940. The number of benzene rings is 4. The summed E-state index contributed by atoms with van der Waals surface area (Å²) in [5.74, 6) is -4.40. The van der Waals surface area contributed by atoms with Crippen molar-refractivity contribution in [3.63, 3.8) is 0 Å². The molecule has 0 saturated carbocycles. The number of carbonyl (C=O) groups excluding carboxylic acids is 8. The van der Waals surface area contributed by atoms with Crippen molar-refractivity contribution < 1.29 is 78.1 Å². The van der Waals surface area contributed by atoms with Gasteiger partial charge in [0.2, 0.25) is 17.3 Å². The van der Waals surface area contributed by atoms with Gasteiger partial charge in [-0.3, -0.25) is 67.8 Å². The number of phenols is 2. The van der Waals surface area contributed by atoms with Crippen molar-refractivity contribution in [2.75, 3.05) is 48.5 Å². The number of hydrogen-bond acceptors (Lipinski definition) is 20. The number of aryl methyl sites for hydroxylation is 2. The molecule has 22 heteroatoms. The van der Waals surface area contributed by atoms with Gasteiger partial charge >= 0.3 is 0 Å². The van der Waals surface area contributed by atoms with Gasteiger partial charge in [0.15, 0.2) is 34.5 Å². The van der Waals surface area contributed by atoms with Crippen LogP contribution < -0.4 is 9.47 Å². The second kappa shape index (κ2) is 20.5. The second-order valence-electron chi connectivity index (χ2n) is 24.1. The molecule has 4 aromatic rings. The Morgan fingerprint density at radius 2 is 0.874 bits per heavy atom. The van der Waals surface area contributed by atoms with Gasteiger partial charge in [-0.1, -0.05) is 36.4 Å². The number of aromatic hydroxyl groups is 2. The number of ether oxygens (including phenoxy) is 3. The van der Waals surface area contributed by atoms with Crippen molar-refractivity contribution in [2.45, 2.75) is 114 Å². The van der Waals surface area contributed by atoms with Gasteiger partial charge in [0, 0.05) is 69.7 Å². The molecule has 4 bridgehead atoms. The number of rotatable bonds is 7. The lowest BCUT2D eigenvalue weighted by atomic mass is 9.71. The Morgan fingerprint density at radius 1 is 0.483 bits per heavy atom. The molecule has 8 aliphatic heterocycles. The van der Waals surface area contributed by atoms with E-state index in [9.17, 15) is 63.9 Å². The van der Waals surface area contributed by atoms with E-state index >= 15 is 0 Å². The maximum atomic E-state index is 14.0. The highest BCUT2D eigenvalue weighted by molar-refractivity contribution is 6.50. The van der Waals surface area contributed by atoms with Gasteiger partial charge in [-0.2, -0.15) is 0 Å². The maximum Gasteiger partial charge on any atom is 0.261 e. The number of Topliss-reactive ketones (excluding diaryl/α,β-unsaturated/α-hetero) is 4. The summed E-state index contributed by atoms with van der Waals surface area (Å²) >= 11 is 0. The number of likely N-dealkylation sites (N-methyl/N-ethyl adjacent to an activating group) is 2. The average molecular weight is 1190 g/mol. The summed E-state index contributed by atoms with van der Waals surface area (Å²) in [6, 6.07) is 11.6. The van der Waals surface area contributed by atoms with E-state index in [1.54, 1.807) is 65.3 Å². The summed E-state index contributed by atoms with van der Waals surface area (Å²) in [5.41, 5.74) is 6.17. The molecule has 0 radical (unpaired) electrons. The lowest BCUT2D eigenvalue weighted by Crippen LogP contribution is -2.71. The number of nitrogens with zero attached hydrogens (tertiary/aromatic N) is 6. The van der Waals surface area contributed by atoms with Crippen molar-refractivity contribution >= 4 is 46.8 Å². The number of fused-ring (bicyclic) bond motifs is 14. The van der Waals surface area contributed by atoms with E-state index in [1.165, 1.54) is 28.3 Å². The molecule has 87 heavy (non-hydrogen) atoms. The molecule has 22 nitrogen and oxygen atoms in total. The van der Waals surface area contributed by atoms with E-state index < -0.39 is 102 Å². The van der Waals surface area contributed by atoms with Crippen LogP contribution in [0, 0.1) is 13.8 Å². The highest BCUT2D eigenvalue weighted by atomic mass is 16.5. The number of imide groups is 2. The first-order chi connectivity index (χ1) is 41.5. The van der Waals surface area contributed by atoms with Gasteiger partial charge in [-0.25, -0.2) is 0 Å². The highest BCUT2D eigenvalue weighted by Crippen LogP contribution is 2.56. The molecular weight excluding hydrogens is 1120 g/mol. The monoisotopic (exact) mass is 1180 g/mol. The summed E-state index contributed by atoms with van der Waals surface area (Å²) in [7, 11) is 8.02. The minimum absolute atomic E-state index is 0.00499. The number of phenolic OH excluding ortho intramolecular Hbond substituents is 2. The Kier molecular flexibility index (Phi) is 13.5.